The highest BCUT2D eigenvalue weighted by atomic mass is 35.5. The van der Waals surface area contributed by atoms with E-state index in [-0.39, 0.29) is 17.9 Å². The maximum absolute atomic E-state index is 12.3. The van der Waals surface area contributed by atoms with Crippen LogP contribution in [0.25, 0.3) is 0 Å². The zero-order valence-corrected chi connectivity index (χ0v) is 13.4. The predicted molar refractivity (Wildman–Crippen MR) is 85.0 cm³/mol. The number of rotatable bonds is 6. The summed E-state index contributed by atoms with van der Waals surface area (Å²) in [6.07, 6.45) is 1.60. The van der Waals surface area contributed by atoms with E-state index in [1.165, 1.54) is 0 Å². The molecule has 2 rings (SSSR count). The summed E-state index contributed by atoms with van der Waals surface area (Å²) in [6, 6.07) is 6.91. The lowest BCUT2D eigenvalue weighted by Crippen LogP contribution is -2.56. The van der Waals surface area contributed by atoms with Crippen LogP contribution in [0, 0.1) is 0 Å². The molecule has 6 heteroatoms. The molecule has 0 spiro atoms. The molecule has 0 aliphatic carbocycles. The van der Waals surface area contributed by atoms with Crippen molar-refractivity contribution in [1.82, 2.24) is 10.2 Å². The summed E-state index contributed by atoms with van der Waals surface area (Å²) in [5, 5.41) is 3.35. The summed E-state index contributed by atoms with van der Waals surface area (Å²) in [5.74, 6) is 0.569. The van der Waals surface area contributed by atoms with Crippen molar-refractivity contribution < 1.29 is 14.3 Å². The van der Waals surface area contributed by atoms with E-state index in [0.717, 1.165) is 0 Å². The van der Waals surface area contributed by atoms with Gasteiger partial charge in [-0.05, 0) is 25.0 Å². The van der Waals surface area contributed by atoms with Crippen molar-refractivity contribution in [2.24, 2.45) is 0 Å². The van der Waals surface area contributed by atoms with Crippen molar-refractivity contribution in [2.45, 2.75) is 32.2 Å². The smallest absolute Gasteiger partial charge is 0.242 e. The lowest BCUT2D eigenvalue weighted by atomic mass is 10.1. The lowest BCUT2D eigenvalue weighted by molar-refractivity contribution is -0.143. The number of hydrogen-bond acceptors (Lipinski definition) is 3. The van der Waals surface area contributed by atoms with Crippen molar-refractivity contribution in [3.05, 3.63) is 29.3 Å². The van der Waals surface area contributed by atoms with Gasteiger partial charge in [-0.2, -0.15) is 0 Å². The first-order valence-corrected chi connectivity index (χ1v) is 7.95. The highest BCUT2D eigenvalue weighted by Crippen LogP contribution is 2.23. The van der Waals surface area contributed by atoms with Gasteiger partial charge in [0.05, 0.1) is 11.6 Å². The number of carbonyl (C=O) groups is 2. The van der Waals surface area contributed by atoms with E-state index in [2.05, 4.69) is 5.32 Å². The van der Waals surface area contributed by atoms with Crippen LogP contribution in [0.1, 0.15) is 26.2 Å². The summed E-state index contributed by atoms with van der Waals surface area (Å²) >= 11 is 6.00. The minimum absolute atomic E-state index is 0.00413. The van der Waals surface area contributed by atoms with Gasteiger partial charge in [-0.15, -0.1) is 0 Å². The Balaban J connectivity index is 1.78. The SMILES string of the molecule is CCC1C(=O)NCCN1C(=O)CCCOc1ccccc1Cl. The molecule has 2 amide bonds. The molecule has 0 bridgehead atoms. The fourth-order valence-corrected chi connectivity index (χ4v) is 2.72. The summed E-state index contributed by atoms with van der Waals surface area (Å²) in [7, 11) is 0. The normalized spacial score (nSPS) is 18.0. The van der Waals surface area contributed by atoms with E-state index in [0.29, 0.717) is 49.7 Å². The molecule has 1 aromatic rings. The number of benzene rings is 1. The summed E-state index contributed by atoms with van der Waals surface area (Å²) in [6.45, 7) is 3.44. The molecule has 1 N–H and O–H groups in total. The standard InChI is InChI=1S/C16H21ClN2O3/c1-2-13-16(21)18-9-10-19(13)15(20)8-5-11-22-14-7-4-3-6-12(14)17/h3-4,6-7,13H,2,5,8-11H2,1H3,(H,18,21). The van der Waals surface area contributed by atoms with E-state index >= 15 is 0 Å². The second-order valence-corrected chi connectivity index (χ2v) is 5.59. The average Bonchev–Trinajstić information content (AvgIpc) is 2.52. The highest BCUT2D eigenvalue weighted by molar-refractivity contribution is 6.32. The predicted octanol–water partition coefficient (Wildman–Crippen LogP) is 2.24. The minimum atomic E-state index is -0.342. The van der Waals surface area contributed by atoms with Gasteiger partial charge in [0.15, 0.2) is 0 Å². The summed E-state index contributed by atoms with van der Waals surface area (Å²) < 4.78 is 5.57. The molecule has 1 fully saturated rings. The number of nitrogens with one attached hydrogen (secondary N) is 1. The van der Waals surface area contributed by atoms with E-state index in [4.69, 9.17) is 16.3 Å². The van der Waals surface area contributed by atoms with E-state index in [9.17, 15) is 9.59 Å². The average molecular weight is 325 g/mol. The molecule has 1 heterocycles. The Kier molecular flexibility index (Phi) is 6.07. The first-order chi connectivity index (χ1) is 10.6. The molecule has 0 radical (unpaired) electrons. The van der Waals surface area contributed by atoms with E-state index in [1.54, 1.807) is 17.0 Å². The molecular formula is C16H21ClN2O3. The maximum Gasteiger partial charge on any atom is 0.242 e. The number of piperazine rings is 1. The topological polar surface area (TPSA) is 58.6 Å². The molecule has 0 saturated carbocycles. The maximum atomic E-state index is 12.3. The Hall–Kier alpha value is -1.75. The van der Waals surface area contributed by atoms with Gasteiger partial charge in [0.25, 0.3) is 0 Å². The molecule has 22 heavy (non-hydrogen) atoms. The number of hydrogen-bond donors (Lipinski definition) is 1. The number of para-hydroxylation sites is 1. The third-order valence-corrected chi connectivity index (χ3v) is 3.98. The Morgan fingerprint density at radius 1 is 1.45 bits per heavy atom. The lowest BCUT2D eigenvalue weighted by Gasteiger charge is -2.34. The van der Waals surface area contributed by atoms with Crippen LogP contribution in [0.15, 0.2) is 24.3 Å². The molecular weight excluding hydrogens is 304 g/mol. The fraction of sp³-hybridized carbons (Fsp3) is 0.500. The van der Waals surface area contributed by atoms with Gasteiger partial charge in [-0.1, -0.05) is 30.7 Å². The van der Waals surface area contributed by atoms with Gasteiger partial charge in [-0.3, -0.25) is 9.59 Å². The van der Waals surface area contributed by atoms with Gasteiger partial charge in [-0.25, -0.2) is 0 Å². The molecule has 5 nitrogen and oxygen atoms in total. The van der Waals surface area contributed by atoms with Gasteiger partial charge < -0.3 is 15.0 Å². The third-order valence-electron chi connectivity index (χ3n) is 3.67. The zero-order valence-electron chi connectivity index (χ0n) is 12.7. The van der Waals surface area contributed by atoms with Gasteiger partial charge in [0.2, 0.25) is 11.8 Å². The third kappa shape index (κ3) is 4.13. The zero-order chi connectivity index (χ0) is 15.9. The molecule has 1 saturated heterocycles. The quantitative estimate of drug-likeness (QED) is 0.816. The monoisotopic (exact) mass is 324 g/mol. The van der Waals surface area contributed by atoms with Crippen molar-refractivity contribution in [1.29, 1.82) is 0 Å². The largest absolute Gasteiger partial charge is 0.492 e. The molecule has 1 unspecified atom stereocenters. The fourth-order valence-electron chi connectivity index (χ4n) is 2.53. The molecule has 1 atom stereocenters. The van der Waals surface area contributed by atoms with Crippen molar-refractivity contribution >= 4 is 23.4 Å². The van der Waals surface area contributed by atoms with Gasteiger partial charge in [0, 0.05) is 19.5 Å². The summed E-state index contributed by atoms with van der Waals surface area (Å²) in [5.41, 5.74) is 0. The second-order valence-electron chi connectivity index (χ2n) is 5.18. The number of amides is 2. The molecule has 1 aliphatic heterocycles. The van der Waals surface area contributed by atoms with Crippen LogP contribution >= 0.6 is 11.6 Å². The van der Waals surface area contributed by atoms with Crippen molar-refractivity contribution in [2.75, 3.05) is 19.7 Å². The summed E-state index contributed by atoms with van der Waals surface area (Å²) in [4.78, 5) is 25.7. The first kappa shape index (κ1) is 16.6. The molecule has 1 aliphatic rings. The van der Waals surface area contributed by atoms with E-state index < -0.39 is 0 Å². The Labute approximate surface area is 135 Å². The highest BCUT2D eigenvalue weighted by Gasteiger charge is 2.30. The van der Waals surface area contributed by atoms with Crippen LogP contribution < -0.4 is 10.1 Å². The van der Waals surface area contributed by atoms with E-state index in [1.807, 2.05) is 19.1 Å². The molecule has 0 aromatic heterocycles. The van der Waals surface area contributed by atoms with Crippen LogP contribution in [-0.2, 0) is 9.59 Å². The number of nitrogens with zero attached hydrogens (tertiary/aromatic N) is 1. The first-order valence-electron chi connectivity index (χ1n) is 7.58. The van der Waals surface area contributed by atoms with Crippen LogP contribution in [0.4, 0.5) is 0 Å². The van der Waals surface area contributed by atoms with Crippen molar-refractivity contribution in [3.8, 4) is 5.75 Å². The second kappa shape index (κ2) is 8.03. The minimum Gasteiger partial charge on any atom is -0.492 e. The van der Waals surface area contributed by atoms with Gasteiger partial charge >= 0.3 is 0 Å². The molecule has 1 aromatic carbocycles. The van der Waals surface area contributed by atoms with Crippen LogP contribution in [0.2, 0.25) is 5.02 Å². The van der Waals surface area contributed by atoms with Crippen LogP contribution in [-0.4, -0.2) is 42.5 Å². The van der Waals surface area contributed by atoms with Crippen LogP contribution in [0.5, 0.6) is 5.75 Å². The van der Waals surface area contributed by atoms with Crippen molar-refractivity contribution in [3.63, 3.8) is 0 Å². The number of ether oxygens (including phenoxy) is 1. The Morgan fingerprint density at radius 2 is 2.23 bits per heavy atom. The Bertz CT molecular complexity index is 536. The molecule has 120 valence electrons. The van der Waals surface area contributed by atoms with Gasteiger partial charge in [0.1, 0.15) is 11.8 Å². The van der Waals surface area contributed by atoms with Crippen LogP contribution in [0.3, 0.4) is 0 Å². The number of carbonyl (C=O) groups excluding carboxylic acids is 2. The Morgan fingerprint density at radius 3 is 2.95 bits per heavy atom. The number of halogens is 1.